The molecule has 16 heavy (non-hydrogen) atoms. The average molecular weight is 255 g/mol. The Balaban J connectivity index is 2.19. The van der Waals surface area contributed by atoms with Crippen LogP contribution in [0.4, 0.5) is 5.13 Å². The molecule has 86 valence electrons. The van der Waals surface area contributed by atoms with Crippen LogP contribution in [0.15, 0.2) is 18.2 Å². The summed E-state index contributed by atoms with van der Waals surface area (Å²) in [5.74, 6) is 0. The van der Waals surface area contributed by atoms with Crippen LogP contribution in [0.25, 0.3) is 10.2 Å². The highest BCUT2D eigenvalue weighted by Crippen LogP contribution is 2.28. The predicted molar refractivity (Wildman–Crippen MR) is 72.6 cm³/mol. The van der Waals surface area contributed by atoms with E-state index in [4.69, 9.17) is 11.6 Å². The summed E-state index contributed by atoms with van der Waals surface area (Å²) in [4.78, 5) is 4.52. The molecule has 1 heterocycles. The van der Waals surface area contributed by atoms with Crippen molar-refractivity contribution in [3.8, 4) is 0 Å². The molecule has 0 radical (unpaired) electrons. The van der Waals surface area contributed by atoms with Crippen molar-refractivity contribution in [3.63, 3.8) is 0 Å². The molecular weight excluding hydrogens is 240 g/mol. The van der Waals surface area contributed by atoms with Gasteiger partial charge in [-0.05, 0) is 31.5 Å². The minimum absolute atomic E-state index is 0.473. The Labute approximate surface area is 105 Å². The third-order valence-electron chi connectivity index (χ3n) is 2.44. The highest BCUT2D eigenvalue weighted by atomic mass is 35.5. The van der Waals surface area contributed by atoms with E-state index in [2.05, 4.69) is 24.1 Å². The predicted octanol–water partition coefficient (Wildman–Crippen LogP) is 4.55. The van der Waals surface area contributed by atoms with Crippen molar-refractivity contribution < 1.29 is 0 Å². The van der Waals surface area contributed by atoms with Gasteiger partial charge in [0.25, 0.3) is 0 Å². The second kappa shape index (κ2) is 5.02. The summed E-state index contributed by atoms with van der Waals surface area (Å²) in [5.41, 5.74) is 0.976. The van der Waals surface area contributed by atoms with E-state index in [1.807, 2.05) is 18.2 Å². The van der Waals surface area contributed by atoms with Gasteiger partial charge in [-0.15, -0.1) is 0 Å². The molecule has 1 N–H and O–H groups in total. The molecule has 0 fully saturated rings. The molecule has 0 aliphatic rings. The maximum Gasteiger partial charge on any atom is 0.183 e. The Hall–Kier alpha value is -0.800. The second-order valence-corrected chi connectivity index (χ2v) is 5.43. The highest BCUT2D eigenvalue weighted by molar-refractivity contribution is 7.22. The van der Waals surface area contributed by atoms with Crippen molar-refractivity contribution >= 4 is 38.3 Å². The fourth-order valence-electron chi connectivity index (χ4n) is 1.68. The van der Waals surface area contributed by atoms with Crippen molar-refractivity contribution in [1.82, 2.24) is 4.98 Å². The third-order valence-corrected chi connectivity index (χ3v) is 3.64. The molecule has 0 saturated heterocycles. The normalized spacial score (nSPS) is 12.9. The topological polar surface area (TPSA) is 24.9 Å². The van der Waals surface area contributed by atoms with Gasteiger partial charge in [0.2, 0.25) is 0 Å². The lowest BCUT2D eigenvalue weighted by molar-refractivity contribution is 0.690. The lowest BCUT2D eigenvalue weighted by Crippen LogP contribution is -2.13. The van der Waals surface area contributed by atoms with Crippen molar-refractivity contribution in [2.75, 3.05) is 5.32 Å². The second-order valence-electron chi connectivity index (χ2n) is 3.97. The van der Waals surface area contributed by atoms with Gasteiger partial charge in [0, 0.05) is 11.1 Å². The molecule has 0 aliphatic heterocycles. The average Bonchev–Trinajstić information content (AvgIpc) is 2.59. The van der Waals surface area contributed by atoms with E-state index in [0.29, 0.717) is 6.04 Å². The van der Waals surface area contributed by atoms with Crippen LogP contribution >= 0.6 is 22.9 Å². The largest absolute Gasteiger partial charge is 0.359 e. The summed E-state index contributed by atoms with van der Waals surface area (Å²) in [5, 5.41) is 5.14. The minimum Gasteiger partial charge on any atom is -0.359 e. The molecule has 0 bridgehead atoms. The van der Waals surface area contributed by atoms with E-state index in [-0.39, 0.29) is 0 Å². The van der Waals surface area contributed by atoms with E-state index in [9.17, 15) is 0 Å². The molecule has 0 amide bonds. The molecule has 1 atom stereocenters. The number of aromatic nitrogens is 1. The quantitative estimate of drug-likeness (QED) is 0.866. The number of anilines is 1. The van der Waals surface area contributed by atoms with Gasteiger partial charge in [-0.2, -0.15) is 0 Å². The Kier molecular flexibility index (Phi) is 3.66. The molecule has 2 nitrogen and oxygen atoms in total. The fourth-order valence-corrected chi connectivity index (χ4v) is 2.80. The van der Waals surface area contributed by atoms with Crippen LogP contribution < -0.4 is 5.32 Å². The van der Waals surface area contributed by atoms with Gasteiger partial charge in [0.05, 0.1) is 10.2 Å². The zero-order chi connectivity index (χ0) is 11.5. The van der Waals surface area contributed by atoms with Crippen LogP contribution in [0.2, 0.25) is 5.02 Å². The van der Waals surface area contributed by atoms with E-state index in [0.717, 1.165) is 22.1 Å². The Morgan fingerprint density at radius 1 is 1.50 bits per heavy atom. The SMILES string of the molecule is CCCC(C)Nc1nc2cc(Cl)ccc2s1. The number of rotatable bonds is 4. The first-order valence-electron chi connectivity index (χ1n) is 5.51. The van der Waals surface area contributed by atoms with E-state index in [1.165, 1.54) is 11.1 Å². The summed E-state index contributed by atoms with van der Waals surface area (Å²) in [6.45, 7) is 4.37. The van der Waals surface area contributed by atoms with E-state index < -0.39 is 0 Å². The Morgan fingerprint density at radius 3 is 3.06 bits per heavy atom. The lowest BCUT2D eigenvalue weighted by Gasteiger charge is -2.10. The fraction of sp³-hybridized carbons (Fsp3) is 0.417. The van der Waals surface area contributed by atoms with Crippen LogP contribution in [0.3, 0.4) is 0 Å². The molecule has 4 heteroatoms. The highest BCUT2D eigenvalue weighted by Gasteiger charge is 2.06. The molecule has 0 aliphatic carbocycles. The first-order chi connectivity index (χ1) is 7.69. The first-order valence-corrected chi connectivity index (χ1v) is 6.71. The molecule has 1 unspecified atom stereocenters. The van der Waals surface area contributed by atoms with Crippen molar-refractivity contribution in [2.24, 2.45) is 0 Å². The number of halogens is 1. The van der Waals surface area contributed by atoms with E-state index in [1.54, 1.807) is 11.3 Å². The van der Waals surface area contributed by atoms with Crippen molar-refractivity contribution in [2.45, 2.75) is 32.7 Å². The number of nitrogens with one attached hydrogen (secondary N) is 1. The number of hydrogen-bond acceptors (Lipinski definition) is 3. The summed E-state index contributed by atoms with van der Waals surface area (Å²) >= 11 is 7.61. The number of hydrogen-bond donors (Lipinski definition) is 1. The standard InChI is InChI=1S/C12H15ClN2S/c1-3-4-8(2)14-12-15-10-7-9(13)5-6-11(10)16-12/h5-8H,3-4H2,1-2H3,(H,14,15). The van der Waals surface area contributed by atoms with Gasteiger partial charge in [-0.1, -0.05) is 36.3 Å². The smallest absolute Gasteiger partial charge is 0.183 e. The maximum absolute atomic E-state index is 5.93. The molecule has 1 aromatic heterocycles. The number of fused-ring (bicyclic) bond motifs is 1. The van der Waals surface area contributed by atoms with Crippen LogP contribution in [0.1, 0.15) is 26.7 Å². The summed E-state index contributed by atoms with van der Waals surface area (Å²) in [6, 6.07) is 6.30. The van der Waals surface area contributed by atoms with Gasteiger partial charge >= 0.3 is 0 Å². The Morgan fingerprint density at radius 2 is 2.31 bits per heavy atom. The zero-order valence-corrected chi connectivity index (χ0v) is 11.0. The van der Waals surface area contributed by atoms with Crippen LogP contribution in [-0.4, -0.2) is 11.0 Å². The van der Waals surface area contributed by atoms with Gasteiger partial charge in [0.15, 0.2) is 5.13 Å². The van der Waals surface area contributed by atoms with Crippen LogP contribution in [0.5, 0.6) is 0 Å². The zero-order valence-electron chi connectivity index (χ0n) is 9.46. The van der Waals surface area contributed by atoms with Gasteiger partial charge in [-0.25, -0.2) is 4.98 Å². The van der Waals surface area contributed by atoms with Gasteiger partial charge in [0.1, 0.15) is 0 Å². The van der Waals surface area contributed by atoms with Crippen LogP contribution in [0, 0.1) is 0 Å². The van der Waals surface area contributed by atoms with Gasteiger partial charge in [-0.3, -0.25) is 0 Å². The maximum atomic E-state index is 5.93. The Bertz CT molecular complexity index is 481. The number of thiazole rings is 1. The molecule has 2 rings (SSSR count). The minimum atomic E-state index is 0.473. The van der Waals surface area contributed by atoms with E-state index >= 15 is 0 Å². The molecule has 0 spiro atoms. The van der Waals surface area contributed by atoms with Crippen molar-refractivity contribution in [3.05, 3.63) is 23.2 Å². The molecule has 1 aromatic carbocycles. The van der Waals surface area contributed by atoms with Gasteiger partial charge < -0.3 is 5.32 Å². The number of benzene rings is 1. The number of nitrogens with zero attached hydrogens (tertiary/aromatic N) is 1. The monoisotopic (exact) mass is 254 g/mol. The summed E-state index contributed by atoms with van der Waals surface area (Å²) in [7, 11) is 0. The summed E-state index contributed by atoms with van der Waals surface area (Å²) < 4.78 is 1.18. The summed E-state index contributed by atoms with van der Waals surface area (Å²) in [6.07, 6.45) is 2.35. The first kappa shape index (κ1) is 11.7. The van der Waals surface area contributed by atoms with Crippen LogP contribution in [-0.2, 0) is 0 Å². The molecular formula is C12H15ClN2S. The molecule has 2 aromatic rings. The molecule has 0 saturated carbocycles. The lowest BCUT2D eigenvalue weighted by atomic mass is 10.2. The third kappa shape index (κ3) is 2.66. The van der Waals surface area contributed by atoms with Crippen molar-refractivity contribution in [1.29, 1.82) is 0 Å².